The Morgan fingerprint density at radius 1 is 1.05 bits per heavy atom. The van der Waals surface area contributed by atoms with Gasteiger partial charge in [0.1, 0.15) is 0 Å². The summed E-state index contributed by atoms with van der Waals surface area (Å²) < 4.78 is 2.07. The van der Waals surface area contributed by atoms with Gasteiger partial charge in [0.25, 0.3) is 0 Å². The Morgan fingerprint density at radius 2 is 1.90 bits per heavy atom. The van der Waals surface area contributed by atoms with Crippen molar-refractivity contribution in [1.82, 2.24) is 19.7 Å². The van der Waals surface area contributed by atoms with Gasteiger partial charge in [-0.3, -0.25) is 9.55 Å². The summed E-state index contributed by atoms with van der Waals surface area (Å²) in [6, 6.07) is 14.1. The molecule has 2 aromatic heterocycles. The highest BCUT2D eigenvalue weighted by Crippen LogP contribution is 2.27. The highest BCUT2D eigenvalue weighted by atomic mass is 32.2. The molecule has 0 aliphatic heterocycles. The van der Waals surface area contributed by atoms with Crippen molar-refractivity contribution in [3.05, 3.63) is 54.9 Å². The molecule has 0 aliphatic carbocycles. The third-order valence-electron chi connectivity index (χ3n) is 2.84. The van der Waals surface area contributed by atoms with Crippen LogP contribution in [0.4, 0.5) is 0 Å². The molecule has 0 aliphatic rings. The normalized spacial score (nSPS) is 10.7. The molecule has 0 radical (unpaired) electrons. The lowest BCUT2D eigenvalue weighted by molar-refractivity contribution is 0.886. The molecule has 0 N–H and O–H groups in total. The Labute approximate surface area is 121 Å². The molecule has 0 atom stereocenters. The van der Waals surface area contributed by atoms with Gasteiger partial charge in [0.15, 0.2) is 11.0 Å². The van der Waals surface area contributed by atoms with E-state index in [0.717, 1.165) is 28.0 Å². The SMILES string of the molecule is CCSc1nnc(-c2cccnc2)n1-c1ccccc1. The summed E-state index contributed by atoms with van der Waals surface area (Å²) in [5.74, 6) is 1.78. The Morgan fingerprint density at radius 3 is 2.60 bits per heavy atom. The maximum atomic E-state index is 4.33. The second-order valence-electron chi connectivity index (χ2n) is 4.15. The molecule has 0 amide bonds. The predicted octanol–water partition coefficient (Wildman–Crippen LogP) is 3.44. The first-order chi connectivity index (χ1) is 9.90. The van der Waals surface area contributed by atoms with Crippen LogP contribution in [0.1, 0.15) is 6.92 Å². The quantitative estimate of drug-likeness (QED) is 0.688. The molecule has 0 saturated carbocycles. The number of aromatic nitrogens is 4. The molecular weight excluding hydrogens is 268 g/mol. The van der Waals surface area contributed by atoms with Crippen LogP contribution in [-0.2, 0) is 0 Å². The highest BCUT2D eigenvalue weighted by Gasteiger charge is 2.15. The first-order valence-corrected chi connectivity index (χ1v) is 7.42. The number of thioether (sulfide) groups is 1. The molecule has 1 aromatic carbocycles. The molecular formula is C15H14N4S. The molecule has 0 unspecified atom stereocenters. The Hall–Kier alpha value is -2.14. The smallest absolute Gasteiger partial charge is 0.196 e. The zero-order valence-electron chi connectivity index (χ0n) is 11.1. The van der Waals surface area contributed by atoms with Gasteiger partial charge >= 0.3 is 0 Å². The summed E-state index contributed by atoms with van der Waals surface area (Å²) in [7, 11) is 0. The van der Waals surface area contributed by atoms with E-state index in [1.54, 1.807) is 18.0 Å². The summed E-state index contributed by atoms with van der Waals surface area (Å²) in [5, 5.41) is 9.54. The van der Waals surface area contributed by atoms with E-state index in [0.29, 0.717) is 0 Å². The van der Waals surface area contributed by atoms with Gasteiger partial charge < -0.3 is 0 Å². The first kappa shape index (κ1) is 12.9. The molecule has 3 rings (SSSR count). The molecule has 4 nitrogen and oxygen atoms in total. The lowest BCUT2D eigenvalue weighted by Gasteiger charge is -2.09. The minimum absolute atomic E-state index is 0.820. The van der Waals surface area contributed by atoms with E-state index in [9.17, 15) is 0 Å². The number of rotatable bonds is 4. The zero-order valence-corrected chi connectivity index (χ0v) is 11.9. The second kappa shape index (κ2) is 5.88. The highest BCUT2D eigenvalue weighted by molar-refractivity contribution is 7.99. The number of nitrogens with zero attached hydrogens (tertiary/aromatic N) is 4. The lowest BCUT2D eigenvalue weighted by Crippen LogP contribution is -1.99. The van der Waals surface area contributed by atoms with Crippen molar-refractivity contribution in [3.8, 4) is 17.1 Å². The number of para-hydroxylation sites is 1. The summed E-state index contributed by atoms with van der Waals surface area (Å²) >= 11 is 1.68. The van der Waals surface area contributed by atoms with Gasteiger partial charge in [-0.15, -0.1) is 10.2 Å². The molecule has 0 saturated heterocycles. The molecule has 0 bridgehead atoms. The summed E-state index contributed by atoms with van der Waals surface area (Å²) in [5.41, 5.74) is 2.03. The van der Waals surface area contributed by atoms with E-state index in [1.165, 1.54) is 0 Å². The Bertz CT molecular complexity index is 680. The van der Waals surface area contributed by atoms with Crippen LogP contribution in [0.5, 0.6) is 0 Å². The number of hydrogen-bond donors (Lipinski definition) is 0. The van der Waals surface area contributed by atoms with Crippen molar-refractivity contribution in [2.45, 2.75) is 12.1 Å². The van der Waals surface area contributed by atoms with Crippen molar-refractivity contribution in [3.63, 3.8) is 0 Å². The van der Waals surface area contributed by atoms with Crippen molar-refractivity contribution in [1.29, 1.82) is 0 Å². The van der Waals surface area contributed by atoms with Gasteiger partial charge in [0.2, 0.25) is 0 Å². The van der Waals surface area contributed by atoms with Gasteiger partial charge in [-0.1, -0.05) is 36.9 Å². The standard InChI is InChI=1S/C15H14N4S/c1-2-20-15-18-17-14(12-7-6-10-16-11-12)19(15)13-8-4-3-5-9-13/h3-11H,2H2,1H3. The summed E-state index contributed by atoms with van der Waals surface area (Å²) in [4.78, 5) is 4.16. The molecule has 5 heteroatoms. The van der Waals surface area contributed by atoms with Crippen LogP contribution < -0.4 is 0 Å². The van der Waals surface area contributed by atoms with Crippen LogP contribution in [0, 0.1) is 0 Å². The minimum Gasteiger partial charge on any atom is -0.270 e. The predicted molar refractivity (Wildman–Crippen MR) is 81.0 cm³/mol. The summed E-state index contributed by atoms with van der Waals surface area (Å²) in [6.45, 7) is 2.11. The van der Waals surface area contributed by atoms with E-state index in [-0.39, 0.29) is 0 Å². The van der Waals surface area contributed by atoms with Gasteiger partial charge in [-0.2, -0.15) is 0 Å². The number of pyridine rings is 1. The molecule has 100 valence electrons. The lowest BCUT2D eigenvalue weighted by atomic mass is 10.2. The van der Waals surface area contributed by atoms with Gasteiger partial charge in [0.05, 0.1) is 0 Å². The number of benzene rings is 1. The van der Waals surface area contributed by atoms with Crippen LogP contribution >= 0.6 is 11.8 Å². The van der Waals surface area contributed by atoms with E-state index in [4.69, 9.17) is 0 Å². The van der Waals surface area contributed by atoms with Crippen molar-refractivity contribution >= 4 is 11.8 Å². The van der Waals surface area contributed by atoms with E-state index in [1.807, 2.05) is 36.5 Å². The maximum absolute atomic E-state index is 4.33. The molecule has 20 heavy (non-hydrogen) atoms. The van der Waals surface area contributed by atoms with Crippen molar-refractivity contribution < 1.29 is 0 Å². The fourth-order valence-electron chi connectivity index (χ4n) is 1.98. The second-order valence-corrected chi connectivity index (χ2v) is 5.38. The number of hydrogen-bond acceptors (Lipinski definition) is 4. The van der Waals surface area contributed by atoms with Crippen LogP contribution in [-0.4, -0.2) is 25.5 Å². The third-order valence-corrected chi connectivity index (χ3v) is 3.65. The van der Waals surface area contributed by atoms with E-state index < -0.39 is 0 Å². The fourth-order valence-corrected chi connectivity index (χ4v) is 2.66. The first-order valence-electron chi connectivity index (χ1n) is 6.44. The molecule has 3 aromatic rings. The van der Waals surface area contributed by atoms with Crippen LogP contribution in [0.15, 0.2) is 60.0 Å². The van der Waals surface area contributed by atoms with Crippen molar-refractivity contribution in [2.75, 3.05) is 5.75 Å². The monoisotopic (exact) mass is 282 g/mol. The summed E-state index contributed by atoms with van der Waals surface area (Å²) in [6.07, 6.45) is 3.57. The zero-order chi connectivity index (χ0) is 13.8. The topological polar surface area (TPSA) is 43.6 Å². The average molecular weight is 282 g/mol. The molecule has 0 spiro atoms. The van der Waals surface area contributed by atoms with Gasteiger partial charge in [-0.25, -0.2) is 0 Å². The average Bonchev–Trinajstić information content (AvgIpc) is 2.93. The van der Waals surface area contributed by atoms with Gasteiger partial charge in [0, 0.05) is 23.6 Å². The van der Waals surface area contributed by atoms with Crippen LogP contribution in [0.2, 0.25) is 0 Å². The third kappa shape index (κ3) is 2.44. The largest absolute Gasteiger partial charge is 0.270 e. The molecule has 2 heterocycles. The Balaban J connectivity index is 2.17. The van der Waals surface area contributed by atoms with Crippen LogP contribution in [0.25, 0.3) is 17.1 Å². The van der Waals surface area contributed by atoms with Crippen LogP contribution in [0.3, 0.4) is 0 Å². The van der Waals surface area contributed by atoms with Crippen molar-refractivity contribution in [2.24, 2.45) is 0 Å². The maximum Gasteiger partial charge on any atom is 0.196 e. The molecule has 0 fully saturated rings. The van der Waals surface area contributed by atoms with E-state index in [2.05, 4.69) is 38.8 Å². The fraction of sp³-hybridized carbons (Fsp3) is 0.133. The minimum atomic E-state index is 0.820. The van der Waals surface area contributed by atoms with Gasteiger partial charge in [-0.05, 0) is 30.0 Å². The Kier molecular flexibility index (Phi) is 3.78. The van der Waals surface area contributed by atoms with E-state index >= 15 is 0 Å².